The molecule has 1 atom stereocenters. The van der Waals surface area contributed by atoms with Crippen LogP contribution in [0, 0.1) is 5.82 Å². The van der Waals surface area contributed by atoms with Crippen LogP contribution in [0.5, 0.6) is 0 Å². The predicted octanol–water partition coefficient (Wildman–Crippen LogP) is 4.36. The molecule has 2 rings (SSSR count). The van der Waals surface area contributed by atoms with Gasteiger partial charge in [-0.1, -0.05) is 6.07 Å². The minimum absolute atomic E-state index is 0.264. The van der Waals surface area contributed by atoms with Gasteiger partial charge in [0.05, 0.1) is 12.6 Å². The van der Waals surface area contributed by atoms with E-state index >= 15 is 0 Å². The molecule has 0 saturated heterocycles. The Kier molecular flexibility index (Phi) is 4.78. The Bertz CT molecular complexity index is 552. The molecule has 0 bridgehead atoms. The molecule has 1 heterocycles. The van der Waals surface area contributed by atoms with E-state index in [9.17, 15) is 9.50 Å². The van der Waals surface area contributed by atoms with Crippen molar-refractivity contribution in [3.05, 3.63) is 52.0 Å². The molecular formula is C16H20FNOS. The molecule has 0 aliphatic heterocycles. The fraction of sp³-hybridized carbons (Fsp3) is 0.375. The Morgan fingerprint density at radius 3 is 2.55 bits per heavy atom. The van der Waals surface area contributed by atoms with E-state index in [1.54, 1.807) is 24.3 Å². The van der Waals surface area contributed by atoms with Crippen LogP contribution >= 0.6 is 11.3 Å². The molecule has 0 fully saturated rings. The lowest BCUT2D eigenvalue weighted by molar-refractivity contribution is 0.199. The first kappa shape index (κ1) is 15.0. The van der Waals surface area contributed by atoms with Gasteiger partial charge in [0.25, 0.3) is 0 Å². The zero-order valence-corrected chi connectivity index (χ0v) is 12.8. The van der Waals surface area contributed by atoms with Crippen LogP contribution in [0.15, 0.2) is 35.7 Å². The SMILES string of the molecule is CC(O)c1cc(F)ccc1N(Cc1cccs1)C(C)C. The van der Waals surface area contributed by atoms with Crippen LogP contribution in [-0.4, -0.2) is 11.1 Å². The van der Waals surface area contributed by atoms with Gasteiger partial charge in [-0.25, -0.2) is 4.39 Å². The van der Waals surface area contributed by atoms with Crippen LogP contribution in [0.4, 0.5) is 10.1 Å². The van der Waals surface area contributed by atoms with Crippen LogP contribution in [0.1, 0.15) is 37.3 Å². The normalized spacial score (nSPS) is 12.7. The highest BCUT2D eigenvalue weighted by atomic mass is 32.1. The number of aliphatic hydroxyl groups excluding tert-OH is 1. The lowest BCUT2D eigenvalue weighted by Crippen LogP contribution is -2.31. The van der Waals surface area contributed by atoms with Crippen LogP contribution in [0.3, 0.4) is 0 Å². The summed E-state index contributed by atoms with van der Waals surface area (Å²) < 4.78 is 13.4. The van der Waals surface area contributed by atoms with Crippen molar-refractivity contribution in [2.24, 2.45) is 0 Å². The van der Waals surface area contributed by atoms with Gasteiger partial charge in [0.2, 0.25) is 0 Å². The van der Waals surface area contributed by atoms with Crippen molar-refractivity contribution in [1.82, 2.24) is 0 Å². The number of rotatable bonds is 5. The summed E-state index contributed by atoms with van der Waals surface area (Å²) >= 11 is 1.70. The van der Waals surface area contributed by atoms with Gasteiger partial charge in [-0.05, 0) is 50.4 Å². The molecule has 2 nitrogen and oxygen atoms in total. The summed E-state index contributed by atoms with van der Waals surface area (Å²) in [5.74, 6) is -0.315. The van der Waals surface area contributed by atoms with Gasteiger partial charge in [-0.15, -0.1) is 11.3 Å². The summed E-state index contributed by atoms with van der Waals surface area (Å²) in [7, 11) is 0. The summed E-state index contributed by atoms with van der Waals surface area (Å²) in [5.41, 5.74) is 1.53. The maximum atomic E-state index is 13.4. The molecule has 0 radical (unpaired) electrons. The largest absolute Gasteiger partial charge is 0.389 e. The standard InChI is InChI=1S/C16H20FNOS/c1-11(2)18(10-14-5-4-8-20-14)16-7-6-13(17)9-15(16)12(3)19/h4-9,11-12,19H,10H2,1-3H3. The molecule has 108 valence electrons. The van der Waals surface area contributed by atoms with Gasteiger partial charge in [0.1, 0.15) is 5.82 Å². The highest BCUT2D eigenvalue weighted by Crippen LogP contribution is 2.30. The summed E-state index contributed by atoms with van der Waals surface area (Å²) in [6.45, 7) is 6.63. The van der Waals surface area contributed by atoms with E-state index in [4.69, 9.17) is 0 Å². The maximum absolute atomic E-state index is 13.4. The van der Waals surface area contributed by atoms with Gasteiger partial charge >= 0.3 is 0 Å². The number of thiophene rings is 1. The highest BCUT2D eigenvalue weighted by Gasteiger charge is 2.18. The molecule has 1 N–H and O–H groups in total. The molecule has 1 aromatic heterocycles. The Balaban J connectivity index is 2.38. The van der Waals surface area contributed by atoms with Crippen LogP contribution in [0.25, 0.3) is 0 Å². The summed E-state index contributed by atoms with van der Waals surface area (Å²) in [5, 5.41) is 11.9. The predicted molar refractivity (Wildman–Crippen MR) is 82.7 cm³/mol. The molecule has 1 unspecified atom stereocenters. The molecule has 1 aromatic carbocycles. The minimum atomic E-state index is -0.690. The quantitative estimate of drug-likeness (QED) is 0.885. The monoisotopic (exact) mass is 293 g/mol. The second-order valence-electron chi connectivity index (χ2n) is 5.18. The van der Waals surface area contributed by atoms with Gasteiger partial charge in [0.15, 0.2) is 0 Å². The van der Waals surface area contributed by atoms with Crippen molar-refractivity contribution in [1.29, 1.82) is 0 Å². The van der Waals surface area contributed by atoms with E-state index < -0.39 is 6.10 Å². The molecule has 0 aliphatic carbocycles. The molecule has 20 heavy (non-hydrogen) atoms. The lowest BCUT2D eigenvalue weighted by Gasteiger charge is -2.31. The molecule has 0 spiro atoms. The smallest absolute Gasteiger partial charge is 0.123 e. The van der Waals surface area contributed by atoms with E-state index in [1.807, 2.05) is 11.4 Å². The Morgan fingerprint density at radius 2 is 2.00 bits per heavy atom. The number of nitrogens with zero attached hydrogens (tertiary/aromatic N) is 1. The van der Waals surface area contributed by atoms with Gasteiger partial charge < -0.3 is 10.0 Å². The molecule has 0 aliphatic rings. The summed E-state index contributed by atoms with van der Waals surface area (Å²) in [4.78, 5) is 3.44. The van der Waals surface area contributed by atoms with Crippen molar-refractivity contribution >= 4 is 17.0 Å². The second kappa shape index (κ2) is 6.37. The summed E-state index contributed by atoms with van der Waals surface area (Å²) in [6, 6.07) is 9.00. The maximum Gasteiger partial charge on any atom is 0.123 e. The van der Waals surface area contributed by atoms with Crippen LogP contribution < -0.4 is 4.90 Å². The van der Waals surface area contributed by atoms with Crippen molar-refractivity contribution in [3.8, 4) is 0 Å². The van der Waals surface area contributed by atoms with Gasteiger partial charge in [-0.3, -0.25) is 0 Å². The number of aliphatic hydroxyl groups is 1. The zero-order valence-electron chi connectivity index (χ0n) is 12.0. The van der Waals surface area contributed by atoms with Gasteiger partial charge in [0, 0.05) is 22.2 Å². The second-order valence-corrected chi connectivity index (χ2v) is 6.21. The minimum Gasteiger partial charge on any atom is -0.389 e. The molecule has 0 amide bonds. The van der Waals surface area contributed by atoms with Crippen LogP contribution in [-0.2, 0) is 6.54 Å². The van der Waals surface area contributed by atoms with Gasteiger partial charge in [-0.2, -0.15) is 0 Å². The molecule has 0 saturated carbocycles. The third-order valence-electron chi connectivity index (χ3n) is 3.28. The van der Waals surface area contributed by atoms with E-state index in [0.717, 1.165) is 12.2 Å². The Morgan fingerprint density at radius 1 is 1.25 bits per heavy atom. The third-order valence-corrected chi connectivity index (χ3v) is 4.14. The number of halogens is 1. The topological polar surface area (TPSA) is 23.5 Å². The molecular weight excluding hydrogens is 273 g/mol. The first-order valence-electron chi connectivity index (χ1n) is 6.75. The van der Waals surface area contributed by atoms with E-state index in [1.165, 1.54) is 17.0 Å². The molecule has 2 aromatic rings. The lowest BCUT2D eigenvalue weighted by atomic mass is 10.1. The summed E-state index contributed by atoms with van der Waals surface area (Å²) in [6.07, 6.45) is -0.690. The number of benzene rings is 1. The average molecular weight is 293 g/mol. The fourth-order valence-electron chi connectivity index (χ4n) is 2.24. The van der Waals surface area contributed by atoms with E-state index in [0.29, 0.717) is 5.56 Å². The number of hydrogen-bond acceptors (Lipinski definition) is 3. The number of anilines is 1. The molecule has 4 heteroatoms. The van der Waals surface area contributed by atoms with Crippen molar-refractivity contribution < 1.29 is 9.50 Å². The van der Waals surface area contributed by atoms with E-state index in [-0.39, 0.29) is 11.9 Å². The third kappa shape index (κ3) is 3.38. The Hall–Kier alpha value is -1.39. The first-order valence-corrected chi connectivity index (χ1v) is 7.63. The average Bonchev–Trinajstić information content (AvgIpc) is 2.89. The van der Waals surface area contributed by atoms with E-state index in [2.05, 4.69) is 24.8 Å². The first-order chi connectivity index (χ1) is 9.49. The number of hydrogen-bond donors (Lipinski definition) is 1. The van der Waals surface area contributed by atoms with Crippen molar-refractivity contribution in [2.45, 2.75) is 39.5 Å². The zero-order chi connectivity index (χ0) is 14.7. The highest BCUT2D eigenvalue weighted by molar-refractivity contribution is 7.09. The van der Waals surface area contributed by atoms with Crippen LogP contribution in [0.2, 0.25) is 0 Å². The fourth-order valence-corrected chi connectivity index (χ4v) is 2.94. The Labute approximate surface area is 123 Å². The van der Waals surface area contributed by atoms with Crippen molar-refractivity contribution in [2.75, 3.05) is 4.90 Å². The van der Waals surface area contributed by atoms with Crippen molar-refractivity contribution in [3.63, 3.8) is 0 Å².